The molecule has 0 aliphatic carbocycles. The summed E-state index contributed by atoms with van der Waals surface area (Å²) in [5.41, 5.74) is 4.88. The zero-order valence-electron chi connectivity index (χ0n) is 11.9. The number of aryl methyl sites for hydroxylation is 3. The summed E-state index contributed by atoms with van der Waals surface area (Å²) in [6.07, 6.45) is 0.934. The fraction of sp³-hybridized carbons (Fsp3) is 0.400. The van der Waals surface area contributed by atoms with E-state index in [1.807, 2.05) is 25.7 Å². The molecule has 102 valence electrons. The van der Waals surface area contributed by atoms with Gasteiger partial charge < -0.3 is 5.32 Å². The minimum atomic E-state index is 0.297. The molecule has 19 heavy (non-hydrogen) atoms. The third kappa shape index (κ3) is 3.45. The molecule has 0 spiro atoms. The number of rotatable bonds is 4. The van der Waals surface area contributed by atoms with Crippen LogP contribution in [-0.4, -0.2) is 16.8 Å². The molecule has 0 bridgehead atoms. The van der Waals surface area contributed by atoms with Gasteiger partial charge in [0.25, 0.3) is 0 Å². The largest absolute Gasteiger partial charge is 0.313 e. The topological polar surface area (TPSA) is 29.9 Å². The molecule has 4 heteroatoms. The normalized spacial score (nSPS) is 12.7. The Kier molecular flexibility index (Phi) is 4.42. The quantitative estimate of drug-likeness (QED) is 0.936. The van der Waals surface area contributed by atoms with Crippen LogP contribution in [0.5, 0.6) is 0 Å². The van der Waals surface area contributed by atoms with Gasteiger partial charge in [-0.25, -0.2) is 0 Å². The van der Waals surface area contributed by atoms with Gasteiger partial charge in [-0.3, -0.25) is 4.68 Å². The summed E-state index contributed by atoms with van der Waals surface area (Å²) >= 11 is 3.57. The van der Waals surface area contributed by atoms with Gasteiger partial charge in [0, 0.05) is 29.7 Å². The van der Waals surface area contributed by atoms with E-state index >= 15 is 0 Å². The van der Waals surface area contributed by atoms with Crippen molar-refractivity contribution in [3.63, 3.8) is 0 Å². The molecule has 1 atom stereocenters. The Morgan fingerprint density at radius 2 is 2.00 bits per heavy atom. The lowest BCUT2D eigenvalue weighted by Crippen LogP contribution is -2.20. The molecular weight excluding hydrogens is 302 g/mol. The second-order valence-corrected chi connectivity index (χ2v) is 5.92. The molecule has 2 aromatic rings. The van der Waals surface area contributed by atoms with Crippen molar-refractivity contribution in [1.82, 2.24) is 15.1 Å². The van der Waals surface area contributed by atoms with Crippen LogP contribution in [0.1, 0.15) is 28.6 Å². The first kappa shape index (κ1) is 14.3. The molecule has 1 unspecified atom stereocenters. The van der Waals surface area contributed by atoms with Crippen molar-refractivity contribution in [2.24, 2.45) is 7.05 Å². The first-order valence-corrected chi connectivity index (χ1v) is 7.22. The molecule has 1 heterocycles. The van der Waals surface area contributed by atoms with E-state index in [1.165, 1.54) is 16.8 Å². The first-order valence-electron chi connectivity index (χ1n) is 6.43. The second kappa shape index (κ2) is 5.88. The van der Waals surface area contributed by atoms with Crippen molar-refractivity contribution >= 4 is 15.9 Å². The monoisotopic (exact) mass is 321 g/mol. The fourth-order valence-electron chi connectivity index (χ4n) is 2.42. The van der Waals surface area contributed by atoms with Crippen molar-refractivity contribution < 1.29 is 0 Å². The van der Waals surface area contributed by atoms with Gasteiger partial charge in [-0.05, 0) is 50.2 Å². The van der Waals surface area contributed by atoms with Gasteiger partial charge in [0.2, 0.25) is 0 Å². The molecule has 0 saturated heterocycles. The van der Waals surface area contributed by atoms with Crippen LogP contribution in [0.15, 0.2) is 28.7 Å². The van der Waals surface area contributed by atoms with Crippen molar-refractivity contribution in [1.29, 1.82) is 0 Å². The van der Waals surface area contributed by atoms with Gasteiger partial charge in [-0.15, -0.1) is 0 Å². The van der Waals surface area contributed by atoms with Crippen LogP contribution in [0.3, 0.4) is 0 Å². The van der Waals surface area contributed by atoms with Crippen LogP contribution in [0.25, 0.3) is 0 Å². The van der Waals surface area contributed by atoms with E-state index in [2.05, 4.69) is 57.5 Å². The number of hydrogen-bond donors (Lipinski definition) is 1. The highest BCUT2D eigenvalue weighted by atomic mass is 79.9. The van der Waals surface area contributed by atoms with E-state index in [0.717, 1.165) is 16.6 Å². The van der Waals surface area contributed by atoms with Gasteiger partial charge >= 0.3 is 0 Å². The molecule has 0 aliphatic rings. The zero-order valence-corrected chi connectivity index (χ0v) is 13.5. The van der Waals surface area contributed by atoms with E-state index in [1.54, 1.807) is 0 Å². The van der Waals surface area contributed by atoms with E-state index in [-0.39, 0.29) is 0 Å². The maximum Gasteiger partial charge on any atom is 0.0596 e. The van der Waals surface area contributed by atoms with Gasteiger partial charge in [-0.2, -0.15) is 5.10 Å². The van der Waals surface area contributed by atoms with Crippen molar-refractivity contribution in [2.75, 3.05) is 7.05 Å². The van der Waals surface area contributed by atoms with Crippen molar-refractivity contribution in [2.45, 2.75) is 26.3 Å². The Bertz CT molecular complexity index is 555. The molecule has 1 aromatic carbocycles. The van der Waals surface area contributed by atoms with Gasteiger partial charge in [0.15, 0.2) is 0 Å². The average molecular weight is 322 g/mol. The average Bonchev–Trinajstić information content (AvgIpc) is 2.63. The standard InChI is InChI=1S/C15H20BrN3/c1-10-5-12(8-13(16)6-10)15(17-3)9-14-7-11(2)18-19(14)4/h5-8,15,17H,9H2,1-4H3. The first-order chi connectivity index (χ1) is 8.99. The lowest BCUT2D eigenvalue weighted by molar-refractivity contribution is 0.561. The second-order valence-electron chi connectivity index (χ2n) is 5.01. The van der Waals surface area contributed by atoms with Crippen molar-refractivity contribution in [3.05, 3.63) is 51.3 Å². The van der Waals surface area contributed by atoms with Gasteiger partial charge in [0.05, 0.1) is 5.69 Å². The van der Waals surface area contributed by atoms with Crippen LogP contribution in [0.4, 0.5) is 0 Å². The molecule has 0 aliphatic heterocycles. The highest BCUT2D eigenvalue weighted by Crippen LogP contribution is 2.23. The third-order valence-electron chi connectivity index (χ3n) is 3.33. The minimum Gasteiger partial charge on any atom is -0.313 e. The molecule has 0 saturated carbocycles. The lowest BCUT2D eigenvalue weighted by Gasteiger charge is -2.17. The predicted octanol–water partition coefficient (Wildman–Crippen LogP) is 3.30. The molecule has 2 rings (SSSR count). The summed E-state index contributed by atoms with van der Waals surface area (Å²) in [6.45, 7) is 4.15. The number of benzene rings is 1. The van der Waals surface area contributed by atoms with Crippen LogP contribution in [0.2, 0.25) is 0 Å². The minimum absolute atomic E-state index is 0.297. The lowest BCUT2D eigenvalue weighted by atomic mass is 10.00. The summed E-state index contributed by atoms with van der Waals surface area (Å²) < 4.78 is 3.09. The third-order valence-corrected chi connectivity index (χ3v) is 3.79. The highest BCUT2D eigenvalue weighted by Gasteiger charge is 2.14. The van der Waals surface area contributed by atoms with Gasteiger partial charge in [0.1, 0.15) is 0 Å². The number of nitrogens with one attached hydrogen (secondary N) is 1. The number of aromatic nitrogens is 2. The molecule has 0 amide bonds. The number of halogens is 1. The highest BCUT2D eigenvalue weighted by molar-refractivity contribution is 9.10. The summed E-state index contributed by atoms with van der Waals surface area (Å²) in [5.74, 6) is 0. The SMILES string of the molecule is CNC(Cc1cc(C)nn1C)c1cc(C)cc(Br)c1. The molecule has 1 aromatic heterocycles. The Morgan fingerprint density at radius 1 is 1.26 bits per heavy atom. The fourth-order valence-corrected chi connectivity index (χ4v) is 3.04. The Balaban J connectivity index is 2.27. The predicted molar refractivity (Wildman–Crippen MR) is 82.3 cm³/mol. The summed E-state index contributed by atoms with van der Waals surface area (Å²) in [5, 5.41) is 7.80. The number of likely N-dealkylation sites (N-methyl/N-ethyl adjacent to an activating group) is 1. The Labute approximate surface area is 123 Å². The van der Waals surface area contributed by atoms with E-state index in [9.17, 15) is 0 Å². The van der Waals surface area contributed by atoms with E-state index in [4.69, 9.17) is 0 Å². The van der Waals surface area contributed by atoms with Gasteiger partial charge in [-0.1, -0.05) is 22.0 Å². The number of nitrogens with zero attached hydrogens (tertiary/aromatic N) is 2. The summed E-state index contributed by atoms with van der Waals surface area (Å²) in [6, 6.07) is 8.98. The van der Waals surface area contributed by atoms with E-state index < -0.39 is 0 Å². The van der Waals surface area contributed by atoms with Crippen molar-refractivity contribution in [3.8, 4) is 0 Å². The maximum atomic E-state index is 4.41. The number of hydrogen-bond acceptors (Lipinski definition) is 2. The summed E-state index contributed by atoms with van der Waals surface area (Å²) in [7, 11) is 4.01. The molecule has 3 nitrogen and oxygen atoms in total. The molecule has 0 fully saturated rings. The van der Waals surface area contributed by atoms with Crippen LogP contribution >= 0.6 is 15.9 Å². The molecule has 0 radical (unpaired) electrons. The van der Waals surface area contributed by atoms with Crippen LogP contribution < -0.4 is 5.32 Å². The van der Waals surface area contributed by atoms with Crippen LogP contribution in [0, 0.1) is 13.8 Å². The molecule has 1 N–H and O–H groups in total. The zero-order chi connectivity index (χ0) is 14.0. The molecular formula is C15H20BrN3. The van der Waals surface area contributed by atoms with Crippen LogP contribution in [-0.2, 0) is 13.5 Å². The Hall–Kier alpha value is -1.13. The Morgan fingerprint density at radius 3 is 2.53 bits per heavy atom. The smallest absolute Gasteiger partial charge is 0.0596 e. The maximum absolute atomic E-state index is 4.41. The summed E-state index contributed by atoms with van der Waals surface area (Å²) in [4.78, 5) is 0. The van der Waals surface area contributed by atoms with E-state index in [0.29, 0.717) is 6.04 Å².